The van der Waals surface area contributed by atoms with Crippen molar-refractivity contribution < 1.29 is 20.1 Å². The molecule has 0 aliphatic heterocycles. The van der Waals surface area contributed by atoms with Crippen molar-refractivity contribution in [2.24, 2.45) is 0 Å². The zero-order chi connectivity index (χ0) is 37.3. The fraction of sp³-hybridized carbons (Fsp3) is 0.848. The molecule has 0 spiro atoms. The molecule has 0 aromatic carbocycles. The van der Waals surface area contributed by atoms with Crippen LogP contribution in [0.1, 0.15) is 226 Å². The van der Waals surface area contributed by atoms with Gasteiger partial charge in [0.15, 0.2) is 0 Å². The molecule has 1 amide bonds. The van der Waals surface area contributed by atoms with Crippen LogP contribution >= 0.6 is 0 Å². The van der Waals surface area contributed by atoms with Crippen LogP contribution in [0.2, 0.25) is 0 Å². The molecule has 0 saturated carbocycles. The van der Waals surface area contributed by atoms with Crippen LogP contribution in [0, 0.1) is 0 Å². The van der Waals surface area contributed by atoms with Crippen LogP contribution in [0.15, 0.2) is 36.5 Å². The Hall–Kier alpha value is -1.43. The van der Waals surface area contributed by atoms with Gasteiger partial charge >= 0.3 is 0 Å². The summed E-state index contributed by atoms with van der Waals surface area (Å²) in [5, 5.41) is 33.2. The number of unbranched alkanes of at least 4 members (excludes halogenated alkanes) is 28. The Balaban J connectivity index is 3.65. The zero-order valence-corrected chi connectivity index (χ0v) is 34.0. The van der Waals surface area contributed by atoms with E-state index in [1.165, 1.54) is 161 Å². The second-order valence-electron chi connectivity index (χ2n) is 15.2. The second kappa shape index (κ2) is 41.3. The van der Waals surface area contributed by atoms with E-state index in [9.17, 15) is 20.1 Å². The Morgan fingerprint density at radius 3 is 1.33 bits per heavy atom. The number of amides is 1. The van der Waals surface area contributed by atoms with Crippen LogP contribution < -0.4 is 5.32 Å². The van der Waals surface area contributed by atoms with E-state index < -0.39 is 24.2 Å². The minimum atomic E-state index is -1.10. The fourth-order valence-electron chi connectivity index (χ4n) is 6.75. The molecule has 0 bridgehead atoms. The number of allylic oxidation sites excluding steroid dienone is 5. The predicted molar refractivity (Wildman–Crippen MR) is 222 cm³/mol. The molecule has 0 heterocycles. The highest BCUT2D eigenvalue weighted by atomic mass is 16.3. The molecule has 0 saturated heterocycles. The molecule has 0 fully saturated rings. The maximum Gasteiger partial charge on any atom is 0.249 e. The van der Waals surface area contributed by atoms with Gasteiger partial charge < -0.3 is 20.6 Å². The molecule has 3 atom stereocenters. The first kappa shape index (κ1) is 49.6. The normalized spacial score (nSPS) is 13.9. The lowest BCUT2D eigenvalue weighted by molar-refractivity contribution is -0.131. The van der Waals surface area contributed by atoms with E-state index in [4.69, 9.17) is 0 Å². The maximum atomic E-state index is 12.5. The van der Waals surface area contributed by atoms with Crippen LogP contribution in [0.4, 0.5) is 0 Å². The Morgan fingerprint density at radius 1 is 0.510 bits per heavy atom. The molecular formula is C46H87NO4. The van der Waals surface area contributed by atoms with E-state index in [2.05, 4.69) is 43.5 Å². The summed E-state index contributed by atoms with van der Waals surface area (Å²) in [5.74, 6) is -0.504. The van der Waals surface area contributed by atoms with E-state index >= 15 is 0 Å². The summed E-state index contributed by atoms with van der Waals surface area (Å²) in [6, 6.07) is -0.796. The molecule has 0 aromatic heterocycles. The fourth-order valence-corrected chi connectivity index (χ4v) is 6.75. The maximum absolute atomic E-state index is 12.5. The van der Waals surface area contributed by atoms with Gasteiger partial charge in [-0.25, -0.2) is 0 Å². The molecule has 5 heteroatoms. The summed E-state index contributed by atoms with van der Waals surface area (Å²) in [6.07, 6.45) is 51.7. The minimum Gasteiger partial charge on any atom is -0.394 e. The summed E-state index contributed by atoms with van der Waals surface area (Å²) in [6.45, 7) is 4.09. The van der Waals surface area contributed by atoms with Crippen LogP contribution in [0.25, 0.3) is 0 Å². The van der Waals surface area contributed by atoms with Crippen molar-refractivity contribution in [3.8, 4) is 0 Å². The number of hydrogen-bond donors (Lipinski definition) is 4. The van der Waals surface area contributed by atoms with Gasteiger partial charge in [-0.1, -0.05) is 217 Å². The van der Waals surface area contributed by atoms with Crippen molar-refractivity contribution in [2.75, 3.05) is 6.61 Å². The summed E-state index contributed by atoms with van der Waals surface area (Å²) in [5.41, 5.74) is 0. The summed E-state index contributed by atoms with van der Waals surface area (Å²) in [7, 11) is 0. The van der Waals surface area contributed by atoms with Crippen molar-refractivity contribution >= 4 is 5.91 Å². The zero-order valence-electron chi connectivity index (χ0n) is 34.0. The molecule has 0 aliphatic carbocycles. The van der Waals surface area contributed by atoms with Gasteiger partial charge in [0, 0.05) is 0 Å². The largest absolute Gasteiger partial charge is 0.394 e. The SMILES string of the molecule is CC/C=C\C/C=C\CCCCCCCCCCCCCCCC(O)C(=O)NC(CO)C(O)/C=C/CCCCCCCCCCCCCCCCC. The van der Waals surface area contributed by atoms with Crippen molar-refractivity contribution in [3.05, 3.63) is 36.5 Å². The highest BCUT2D eigenvalue weighted by Crippen LogP contribution is 2.16. The number of aliphatic hydroxyl groups excluding tert-OH is 3. The van der Waals surface area contributed by atoms with Crippen molar-refractivity contribution in [3.63, 3.8) is 0 Å². The monoisotopic (exact) mass is 718 g/mol. The third-order valence-electron chi connectivity index (χ3n) is 10.2. The van der Waals surface area contributed by atoms with Gasteiger partial charge in [-0.2, -0.15) is 0 Å². The molecule has 0 radical (unpaired) electrons. The van der Waals surface area contributed by atoms with E-state index in [-0.39, 0.29) is 6.61 Å². The molecule has 0 aliphatic rings. The number of hydrogen-bond acceptors (Lipinski definition) is 4. The van der Waals surface area contributed by atoms with Crippen molar-refractivity contribution in [1.82, 2.24) is 5.32 Å². The Labute approximate surface area is 317 Å². The Bertz CT molecular complexity index is 794. The van der Waals surface area contributed by atoms with Crippen LogP contribution in [0.3, 0.4) is 0 Å². The molecule has 51 heavy (non-hydrogen) atoms. The molecular weight excluding hydrogens is 631 g/mol. The quantitative estimate of drug-likeness (QED) is 0.0375. The number of aliphatic hydroxyl groups is 3. The summed E-state index contributed by atoms with van der Waals surface area (Å²) in [4.78, 5) is 12.5. The van der Waals surface area contributed by atoms with Gasteiger partial charge in [-0.3, -0.25) is 4.79 Å². The Kier molecular flexibility index (Phi) is 40.2. The third-order valence-corrected chi connectivity index (χ3v) is 10.2. The van der Waals surface area contributed by atoms with E-state index in [0.717, 1.165) is 44.9 Å². The lowest BCUT2D eigenvalue weighted by atomic mass is 10.0. The number of rotatable bonds is 40. The smallest absolute Gasteiger partial charge is 0.249 e. The molecule has 300 valence electrons. The minimum absolute atomic E-state index is 0.363. The van der Waals surface area contributed by atoms with Gasteiger partial charge in [-0.05, 0) is 44.9 Å². The lowest BCUT2D eigenvalue weighted by Crippen LogP contribution is -2.48. The average Bonchev–Trinajstić information content (AvgIpc) is 3.13. The summed E-state index contributed by atoms with van der Waals surface area (Å²) >= 11 is 0. The van der Waals surface area contributed by atoms with Gasteiger partial charge in [-0.15, -0.1) is 0 Å². The molecule has 3 unspecified atom stereocenters. The standard InChI is InChI=1S/C46H87NO4/c1-3-5-7-9-11-13-15-17-19-21-22-23-25-27-29-31-33-35-37-39-41-45(50)46(51)47-43(42-48)44(49)40-38-36-34-32-30-28-26-24-20-18-16-14-12-10-8-6-4-2/h5,7,11,13,38,40,43-45,48-50H,3-4,6,8-10,12,14-37,39,41-42H2,1-2H3,(H,47,51)/b7-5-,13-11-,40-38+. The lowest BCUT2D eigenvalue weighted by Gasteiger charge is -2.21. The van der Waals surface area contributed by atoms with Crippen molar-refractivity contribution in [1.29, 1.82) is 0 Å². The van der Waals surface area contributed by atoms with Gasteiger partial charge in [0.2, 0.25) is 5.91 Å². The van der Waals surface area contributed by atoms with E-state index in [1.807, 2.05) is 6.08 Å². The van der Waals surface area contributed by atoms with Crippen LogP contribution in [0.5, 0.6) is 0 Å². The second-order valence-corrected chi connectivity index (χ2v) is 15.2. The van der Waals surface area contributed by atoms with Gasteiger partial charge in [0.1, 0.15) is 6.10 Å². The van der Waals surface area contributed by atoms with Crippen LogP contribution in [-0.2, 0) is 4.79 Å². The molecule has 0 aromatic rings. The van der Waals surface area contributed by atoms with Crippen LogP contribution in [-0.4, -0.2) is 46.1 Å². The summed E-state index contributed by atoms with van der Waals surface area (Å²) < 4.78 is 0. The first-order valence-electron chi connectivity index (χ1n) is 22.3. The highest BCUT2D eigenvalue weighted by molar-refractivity contribution is 5.80. The highest BCUT2D eigenvalue weighted by Gasteiger charge is 2.22. The first-order valence-corrected chi connectivity index (χ1v) is 22.3. The third kappa shape index (κ3) is 36.7. The van der Waals surface area contributed by atoms with Gasteiger partial charge in [0.25, 0.3) is 0 Å². The number of carbonyl (C=O) groups is 1. The van der Waals surface area contributed by atoms with Gasteiger partial charge in [0.05, 0.1) is 18.8 Å². The topological polar surface area (TPSA) is 89.8 Å². The number of nitrogens with one attached hydrogen (secondary N) is 1. The molecule has 4 N–H and O–H groups in total. The average molecular weight is 718 g/mol. The molecule has 5 nitrogen and oxygen atoms in total. The first-order chi connectivity index (χ1) is 25.1. The predicted octanol–water partition coefficient (Wildman–Crippen LogP) is 12.8. The van der Waals surface area contributed by atoms with E-state index in [0.29, 0.717) is 6.42 Å². The Morgan fingerprint density at radius 2 is 0.902 bits per heavy atom. The number of carbonyl (C=O) groups excluding carboxylic acids is 1. The van der Waals surface area contributed by atoms with Crippen molar-refractivity contribution in [2.45, 2.75) is 244 Å². The molecule has 0 rings (SSSR count). The van der Waals surface area contributed by atoms with E-state index in [1.54, 1.807) is 6.08 Å².